The monoisotopic (exact) mass is 337 g/mol. The van der Waals surface area contributed by atoms with Gasteiger partial charge >= 0.3 is 0 Å². The van der Waals surface area contributed by atoms with Crippen LogP contribution in [-0.4, -0.2) is 57.5 Å². The average Bonchev–Trinajstić information content (AvgIpc) is 2.49. The Morgan fingerprint density at radius 3 is 2.81 bits per heavy atom. The van der Waals surface area contributed by atoms with Crippen LogP contribution < -0.4 is 10.0 Å². The van der Waals surface area contributed by atoms with E-state index in [1.807, 2.05) is 11.8 Å². The van der Waals surface area contributed by atoms with Gasteiger partial charge in [0.05, 0.1) is 0 Å². The van der Waals surface area contributed by atoms with Gasteiger partial charge in [-0.2, -0.15) is 24.5 Å². The van der Waals surface area contributed by atoms with Crippen molar-refractivity contribution in [3.8, 4) is 0 Å². The van der Waals surface area contributed by atoms with Gasteiger partial charge < -0.3 is 5.32 Å². The summed E-state index contributed by atoms with van der Waals surface area (Å²) in [6.45, 7) is 5.80. The molecule has 1 unspecified atom stereocenters. The van der Waals surface area contributed by atoms with Crippen LogP contribution in [0.1, 0.15) is 39.0 Å². The summed E-state index contributed by atoms with van der Waals surface area (Å²) in [5.41, 5.74) is 0. The highest BCUT2D eigenvalue weighted by Gasteiger charge is 2.28. The quantitative estimate of drug-likeness (QED) is 0.563. The van der Waals surface area contributed by atoms with E-state index in [0.717, 1.165) is 50.9 Å². The number of unbranched alkanes of at least 4 members (excludes halogenated alkanes) is 2. The fourth-order valence-corrected chi connectivity index (χ4v) is 4.46. The summed E-state index contributed by atoms with van der Waals surface area (Å²) < 4.78 is 28.9. The molecular weight excluding hydrogens is 306 g/mol. The molecule has 0 amide bonds. The van der Waals surface area contributed by atoms with Gasteiger partial charge in [-0.1, -0.05) is 13.3 Å². The molecule has 1 aliphatic rings. The van der Waals surface area contributed by atoms with Gasteiger partial charge in [0.2, 0.25) is 0 Å². The zero-order chi connectivity index (χ0) is 15.6. The number of hydrogen-bond donors (Lipinski definition) is 2. The second-order valence-electron chi connectivity index (χ2n) is 5.63. The third kappa shape index (κ3) is 7.83. The average molecular weight is 338 g/mol. The zero-order valence-electron chi connectivity index (χ0n) is 13.4. The van der Waals surface area contributed by atoms with Gasteiger partial charge in [-0.3, -0.25) is 0 Å². The van der Waals surface area contributed by atoms with Crippen molar-refractivity contribution < 1.29 is 8.42 Å². The van der Waals surface area contributed by atoms with Crippen LogP contribution in [0, 0.1) is 5.92 Å². The molecule has 1 fully saturated rings. The summed E-state index contributed by atoms with van der Waals surface area (Å²) in [7, 11) is -3.28. The van der Waals surface area contributed by atoms with E-state index in [1.165, 1.54) is 0 Å². The number of nitrogens with zero attached hydrogens (tertiary/aromatic N) is 1. The Balaban J connectivity index is 2.28. The lowest BCUT2D eigenvalue weighted by molar-refractivity contribution is 0.258. The summed E-state index contributed by atoms with van der Waals surface area (Å²) in [5, 5.41) is 3.32. The van der Waals surface area contributed by atoms with Crippen molar-refractivity contribution in [3.63, 3.8) is 0 Å². The first-order valence-corrected chi connectivity index (χ1v) is 10.9. The van der Waals surface area contributed by atoms with Crippen LogP contribution in [0.3, 0.4) is 0 Å². The van der Waals surface area contributed by atoms with Crippen molar-refractivity contribution in [2.75, 3.05) is 44.7 Å². The van der Waals surface area contributed by atoms with Crippen molar-refractivity contribution in [1.82, 2.24) is 14.3 Å². The molecule has 1 heterocycles. The fourth-order valence-electron chi connectivity index (χ4n) is 2.60. The van der Waals surface area contributed by atoms with Crippen LogP contribution in [0.5, 0.6) is 0 Å². The summed E-state index contributed by atoms with van der Waals surface area (Å²) in [6.07, 6.45) is 7.36. The predicted molar refractivity (Wildman–Crippen MR) is 92.0 cm³/mol. The molecule has 21 heavy (non-hydrogen) atoms. The maximum atomic E-state index is 12.3. The Bertz CT molecular complexity index is 363. The molecular formula is C14H31N3O2S2. The molecule has 0 aromatic rings. The zero-order valence-corrected chi connectivity index (χ0v) is 15.1. The van der Waals surface area contributed by atoms with Gasteiger partial charge in [-0.15, -0.1) is 0 Å². The van der Waals surface area contributed by atoms with Gasteiger partial charge in [-0.25, -0.2) is 4.72 Å². The minimum absolute atomic E-state index is 0.442. The molecule has 1 rings (SSSR count). The Morgan fingerprint density at radius 1 is 1.29 bits per heavy atom. The van der Waals surface area contributed by atoms with Gasteiger partial charge in [0.15, 0.2) is 0 Å². The van der Waals surface area contributed by atoms with Crippen LogP contribution in [0.4, 0.5) is 0 Å². The fraction of sp³-hybridized carbons (Fsp3) is 1.00. The third-order valence-corrected chi connectivity index (χ3v) is 6.09. The van der Waals surface area contributed by atoms with E-state index in [9.17, 15) is 8.42 Å². The SMILES string of the molecule is CCNCC1CCCN(S(=O)(=O)NCCCCCSC)C1. The first kappa shape index (κ1) is 19.2. The smallest absolute Gasteiger partial charge is 0.279 e. The van der Waals surface area contributed by atoms with Crippen LogP contribution in [0.15, 0.2) is 0 Å². The largest absolute Gasteiger partial charge is 0.317 e. The van der Waals surface area contributed by atoms with Crippen molar-refractivity contribution in [2.24, 2.45) is 5.92 Å². The lowest BCUT2D eigenvalue weighted by Gasteiger charge is -2.32. The van der Waals surface area contributed by atoms with E-state index in [4.69, 9.17) is 0 Å². The number of hydrogen-bond acceptors (Lipinski definition) is 4. The van der Waals surface area contributed by atoms with E-state index >= 15 is 0 Å². The van der Waals surface area contributed by atoms with E-state index in [1.54, 1.807) is 4.31 Å². The molecule has 1 atom stereocenters. The molecule has 0 spiro atoms. The van der Waals surface area contributed by atoms with Crippen molar-refractivity contribution in [1.29, 1.82) is 0 Å². The Kier molecular flexibility index (Phi) is 9.92. The standard InChI is InChI=1S/C14H31N3O2S2/c1-3-15-12-14-8-7-10-17(13-14)21(18,19)16-9-5-4-6-11-20-2/h14-16H,3-13H2,1-2H3. The molecule has 126 valence electrons. The molecule has 7 heteroatoms. The van der Waals surface area contributed by atoms with Gasteiger partial charge in [0.1, 0.15) is 0 Å². The van der Waals surface area contributed by atoms with Crippen LogP contribution in [-0.2, 0) is 10.2 Å². The predicted octanol–water partition coefficient (Wildman–Crippen LogP) is 1.68. The highest BCUT2D eigenvalue weighted by molar-refractivity contribution is 7.98. The second kappa shape index (κ2) is 10.8. The van der Waals surface area contributed by atoms with Crippen molar-refractivity contribution in [3.05, 3.63) is 0 Å². The van der Waals surface area contributed by atoms with E-state index in [-0.39, 0.29) is 0 Å². The van der Waals surface area contributed by atoms with E-state index < -0.39 is 10.2 Å². The van der Waals surface area contributed by atoms with E-state index in [0.29, 0.717) is 25.6 Å². The van der Waals surface area contributed by atoms with E-state index in [2.05, 4.69) is 23.2 Å². The summed E-state index contributed by atoms with van der Waals surface area (Å²) >= 11 is 1.84. The number of rotatable bonds is 11. The van der Waals surface area contributed by atoms with Crippen LogP contribution in [0.2, 0.25) is 0 Å². The Hall–Kier alpha value is 0.180. The number of nitrogens with one attached hydrogen (secondary N) is 2. The Morgan fingerprint density at radius 2 is 2.10 bits per heavy atom. The topological polar surface area (TPSA) is 61.4 Å². The molecule has 0 aliphatic carbocycles. The molecule has 0 aromatic heterocycles. The summed E-state index contributed by atoms with van der Waals surface area (Å²) in [5.74, 6) is 1.60. The molecule has 0 bridgehead atoms. The van der Waals surface area contributed by atoms with Gasteiger partial charge in [0, 0.05) is 19.6 Å². The maximum absolute atomic E-state index is 12.3. The minimum atomic E-state index is -3.28. The first-order chi connectivity index (χ1) is 10.1. The molecule has 2 N–H and O–H groups in total. The van der Waals surface area contributed by atoms with Crippen LogP contribution >= 0.6 is 11.8 Å². The lowest BCUT2D eigenvalue weighted by Crippen LogP contribution is -2.47. The molecule has 1 aliphatic heterocycles. The second-order valence-corrected chi connectivity index (χ2v) is 8.37. The summed E-state index contributed by atoms with van der Waals surface area (Å²) in [4.78, 5) is 0. The highest BCUT2D eigenvalue weighted by Crippen LogP contribution is 2.18. The summed E-state index contributed by atoms with van der Waals surface area (Å²) in [6, 6.07) is 0. The number of piperidine rings is 1. The lowest BCUT2D eigenvalue weighted by atomic mass is 10.00. The minimum Gasteiger partial charge on any atom is -0.317 e. The first-order valence-electron chi connectivity index (χ1n) is 8.04. The van der Waals surface area contributed by atoms with Crippen LogP contribution in [0.25, 0.3) is 0 Å². The molecule has 1 saturated heterocycles. The van der Waals surface area contributed by atoms with Crippen molar-refractivity contribution >= 4 is 22.0 Å². The molecule has 0 radical (unpaired) electrons. The highest BCUT2D eigenvalue weighted by atomic mass is 32.2. The molecule has 0 saturated carbocycles. The normalized spacial score (nSPS) is 20.8. The Labute approximate surface area is 134 Å². The van der Waals surface area contributed by atoms with Crippen molar-refractivity contribution in [2.45, 2.75) is 39.0 Å². The number of thioether (sulfide) groups is 1. The third-order valence-electron chi connectivity index (χ3n) is 3.81. The molecule has 5 nitrogen and oxygen atoms in total. The van der Waals surface area contributed by atoms with Gasteiger partial charge in [0.25, 0.3) is 10.2 Å². The maximum Gasteiger partial charge on any atom is 0.279 e. The molecule has 0 aromatic carbocycles. The van der Waals surface area contributed by atoms with Gasteiger partial charge in [-0.05, 0) is 56.7 Å².